The molecule has 0 heterocycles. The Morgan fingerprint density at radius 2 is 1.69 bits per heavy atom. The molecule has 0 aromatic carbocycles. The molecule has 0 aliphatic heterocycles. The molecule has 0 aromatic rings. The molecule has 0 fully saturated rings. The molecule has 1 N–H and O–H groups in total. The van der Waals surface area contributed by atoms with E-state index in [-0.39, 0.29) is 18.9 Å². The summed E-state index contributed by atoms with van der Waals surface area (Å²) in [5, 5.41) is 8.36. The van der Waals surface area contributed by atoms with Gasteiger partial charge in [-0.2, -0.15) is 0 Å². The van der Waals surface area contributed by atoms with Crippen LogP contribution in [-0.2, 0) is 4.79 Å². The number of rotatable bonds is 7. The van der Waals surface area contributed by atoms with Crippen molar-refractivity contribution in [1.82, 2.24) is 0 Å². The van der Waals surface area contributed by atoms with Gasteiger partial charge in [-0.25, -0.2) is 0 Å². The second-order valence-corrected chi connectivity index (χ2v) is 3.74. The largest absolute Gasteiger partial charge is 1.00 e. The van der Waals surface area contributed by atoms with Crippen molar-refractivity contribution in [3.05, 3.63) is 0 Å². The molecule has 0 spiro atoms. The van der Waals surface area contributed by atoms with Crippen LogP contribution in [0.3, 0.4) is 0 Å². The van der Waals surface area contributed by atoms with E-state index in [4.69, 9.17) is 5.11 Å². The summed E-state index contributed by atoms with van der Waals surface area (Å²) in [4.78, 5) is 10.1. The molecule has 13 heavy (non-hydrogen) atoms. The molecular weight excluding hydrogens is 159 g/mol. The van der Waals surface area contributed by atoms with Crippen LogP contribution in [0, 0.1) is 5.92 Å². The van der Waals surface area contributed by atoms with E-state index in [1.807, 2.05) is 0 Å². The van der Waals surface area contributed by atoms with Crippen molar-refractivity contribution >= 4 is 5.97 Å². The van der Waals surface area contributed by atoms with Crippen molar-refractivity contribution in [3.8, 4) is 0 Å². The maximum absolute atomic E-state index is 10.1. The number of hydrogen-bond donors (Lipinski definition) is 1. The minimum atomic E-state index is -0.668. The van der Waals surface area contributed by atoms with Crippen molar-refractivity contribution < 1.29 is 28.8 Å². The van der Waals surface area contributed by atoms with Gasteiger partial charge in [-0.05, 0) is 12.3 Å². The molecule has 0 amide bonds. The third-order valence-electron chi connectivity index (χ3n) is 1.92. The second-order valence-electron chi connectivity index (χ2n) is 3.74. The zero-order valence-electron chi connectivity index (χ0n) is 9.18. The first kappa shape index (κ1) is 15.5. The molecule has 0 unspecified atom stereocenters. The van der Waals surface area contributed by atoms with Gasteiger partial charge in [0.25, 0.3) is 0 Å². The fourth-order valence-corrected chi connectivity index (χ4v) is 1.18. The summed E-state index contributed by atoms with van der Waals surface area (Å²) in [7, 11) is 0. The first-order valence-electron chi connectivity index (χ1n) is 4.84. The average Bonchev–Trinajstić information content (AvgIpc) is 1.95. The Bertz CT molecular complexity index is 124. The van der Waals surface area contributed by atoms with Crippen LogP contribution < -0.4 is 18.9 Å². The average molecular weight is 179 g/mol. The Morgan fingerprint density at radius 1 is 1.15 bits per heavy atom. The van der Waals surface area contributed by atoms with E-state index in [1.54, 1.807) is 0 Å². The van der Waals surface area contributed by atoms with Crippen LogP contribution in [0.2, 0.25) is 0 Å². The summed E-state index contributed by atoms with van der Waals surface area (Å²) in [5.74, 6) is 0.114. The van der Waals surface area contributed by atoms with E-state index in [0.29, 0.717) is 6.42 Å². The van der Waals surface area contributed by atoms with Crippen LogP contribution in [0.25, 0.3) is 0 Å². The quantitative estimate of drug-likeness (QED) is 0.443. The van der Waals surface area contributed by atoms with Crippen LogP contribution in [0.5, 0.6) is 0 Å². The maximum Gasteiger partial charge on any atom is 1.00 e. The third kappa shape index (κ3) is 14.9. The molecule has 0 aromatic heterocycles. The van der Waals surface area contributed by atoms with Gasteiger partial charge in [0.15, 0.2) is 0 Å². The van der Waals surface area contributed by atoms with E-state index in [2.05, 4.69) is 13.8 Å². The molecule has 0 aliphatic rings. The maximum atomic E-state index is 10.1. The van der Waals surface area contributed by atoms with Gasteiger partial charge in [0.2, 0.25) is 0 Å². The van der Waals surface area contributed by atoms with Crippen LogP contribution >= 0.6 is 0 Å². The van der Waals surface area contributed by atoms with Crippen molar-refractivity contribution in [2.75, 3.05) is 0 Å². The molecule has 0 rings (SSSR count). The summed E-state index contributed by atoms with van der Waals surface area (Å²) >= 11 is 0. The number of unbranched alkanes of at least 4 members (excludes halogenated alkanes) is 3. The summed E-state index contributed by atoms with van der Waals surface area (Å²) < 4.78 is 0. The monoisotopic (exact) mass is 179 g/mol. The van der Waals surface area contributed by atoms with Gasteiger partial charge in [0.05, 0.1) is 0 Å². The van der Waals surface area contributed by atoms with Crippen LogP contribution in [0.15, 0.2) is 0 Å². The molecule has 2 nitrogen and oxygen atoms in total. The van der Waals surface area contributed by atoms with Gasteiger partial charge in [-0.15, -0.1) is 0 Å². The van der Waals surface area contributed by atoms with E-state index in [9.17, 15) is 4.79 Å². The molecule has 0 aliphatic carbocycles. The van der Waals surface area contributed by atoms with Gasteiger partial charge in [0.1, 0.15) is 0 Å². The molecular formula is C10H20LiO2+. The van der Waals surface area contributed by atoms with Gasteiger partial charge in [0, 0.05) is 6.42 Å². The molecule has 0 bridgehead atoms. The van der Waals surface area contributed by atoms with Crippen LogP contribution in [0.1, 0.15) is 52.4 Å². The summed E-state index contributed by atoms with van der Waals surface area (Å²) in [6, 6.07) is 0. The predicted octanol–water partition coefficient (Wildman–Crippen LogP) is 0.0716. The standard InChI is InChI=1S/C10H20O2.Li/c1-9(2)7-5-3-4-6-8-10(11)12;/h9H,3-8H2,1-2H3,(H,11,12);/q;+1. The fourth-order valence-electron chi connectivity index (χ4n) is 1.18. The second kappa shape index (κ2) is 10.2. The Hall–Kier alpha value is 0.0674. The minimum absolute atomic E-state index is 0. The molecule has 0 saturated carbocycles. The van der Waals surface area contributed by atoms with E-state index in [1.165, 1.54) is 19.3 Å². The van der Waals surface area contributed by atoms with Gasteiger partial charge in [-0.1, -0.05) is 39.5 Å². The van der Waals surface area contributed by atoms with Gasteiger partial charge in [-0.3, -0.25) is 4.79 Å². The van der Waals surface area contributed by atoms with Crippen molar-refractivity contribution in [2.24, 2.45) is 5.92 Å². The molecule has 3 heteroatoms. The molecule has 72 valence electrons. The smallest absolute Gasteiger partial charge is 0.481 e. The van der Waals surface area contributed by atoms with Crippen LogP contribution in [-0.4, -0.2) is 11.1 Å². The SMILES string of the molecule is CC(C)CCCCCCC(=O)O.[Li+]. The zero-order chi connectivity index (χ0) is 9.40. The first-order valence-corrected chi connectivity index (χ1v) is 4.84. The Balaban J connectivity index is 0. The number of carboxylic acid groups (broad SMARTS) is 1. The molecule has 0 saturated heterocycles. The Kier molecular flexibility index (Phi) is 12.1. The zero-order valence-corrected chi connectivity index (χ0v) is 9.18. The summed E-state index contributed by atoms with van der Waals surface area (Å²) in [6.07, 6.45) is 5.95. The Morgan fingerprint density at radius 3 is 2.15 bits per heavy atom. The minimum Gasteiger partial charge on any atom is -0.481 e. The van der Waals surface area contributed by atoms with E-state index >= 15 is 0 Å². The number of hydrogen-bond acceptors (Lipinski definition) is 1. The number of aliphatic carboxylic acids is 1. The van der Waals surface area contributed by atoms with Crippen molar-refractivity contribution in [2.45, 2.75) is 52.4 Å². The van der Waals surface area contributed by atoms with Crippen LogP contribution in [0.4, 0.5) is 0 Å². The normalized spacial score (nSPS) is 9.77. The topological polar surface area (TPSA) is 37.3 Å². The van der Waals surface area contributed by atoms with Gasteiger partial charge < -0.3 is 5.11 Å². The molecule has 0 radical (unpaired) electrons. The van der Waals surface area contributed by atoms with Gasteiger partial charge >= 0.3 is 24.8 Å². The number of carboxylic acids is 1. The fraction of sp³-hybridized carbons (Fsp3) is 0.900. The predicted molar refractivity (Wildman–Crippen MR) is 50.2 cm³/mol. The Labute approximate surface area is 93.3 Å². The first-order chi connectivity index (χ1) is 5.63. The van der Waals surface area contributed by atoms with Crippen molar-refractivity contribution in [3.63, 3.8) is 0 Å². The third-order valence-corrected chi connectivity index (χ3v) is 1.92. The summed E-state index contributed by atoms with van der Waals surface area (Å²) in [6.45, 7) is 4.44. The number of carbonyl (C=O) groups is 1. The summed E-state index contributed by atoms with van der Waals surface area (Å²) in [5.41, 5.74) is 0. The van der Waals surface area contributed by atoms with E-state index in [0.717, 1.165) is 18.8 Å². The van der Waals surface area contributed by atoms with Crippen molar-refractivity contribution in [1.29, 1.82) is 0 Å². The van der Waals surface area contributed by atoms with E-state index < -0.39 is 5.97 Å². The molecule has 0 atom stereocenters.